The maximum absolute atomic E-state index is 12.5. The van der Waals surface area contributed by atoms with Crippen LogP contribution in [-0.2, 0) is 25.7 Å². The van der Waals surface area contributed by atoms with E-state index in [0.29, 0.717) is 36.0 Å². The summed E-state index contributed by atoms with van der Waals surface area (Å²) in [5, 5.41) is 0.711. The van der Waals surface area contributed by atoms with Gasteiger partial charge in [0, 0.05) is 25.4 Å². The van der Waals surface area contributed by atoms with Crippen LogP contribution in [0, 0.1) is 5.92 Å². The highest BCUT2D eigenvalue weighted by atomic mass is 16.5. The number of likely N-dealkylation sites (tertiary alicyclic amines) is 1. The summed E-state index contributed by atoms with van der Waals surface area (Å²) < 4.78 is 16.2. The number of benzene rings is 1. The van der Waals surface area contributed by atoms with Crippen LogP contribution in [0.1, 0.15) is 42.8 Å². The van der Waals surface area contributed by atoms with Crippen LogP contribution in [0.25, 0.3) is 11.0 Å². The van der Waals surface area contributed by atoms with Crippen LogP contribution >= 0.6 is 0 Å². The molecule has 1 fully saturated rings. The van der Waals surface area contributed by atoms with Crippen molar-refractivity contribution in [3.63, 3.8) is 0 Å². The monoisotopic (exact) mass is 373 g/mol. The van der Waals surface area contributed by atoms with Gasteiger partial charge in [-0.2, -0.15) is 0 Å². The van der Waals surface area contributed by atoms with Gasteiger partial charge in [0.05, 0.1) is 18.1 Å². The first kappa shape index (κ1) is 18.9. The number of esters is 2. The molecule has 0 bridgehead atoms. The van der Waals surface area contributed by atoms with Crippen molar-refractivity contribution in [3.8, 4) is 0 Å². The number of hydrogen-bond donors (Lipinski definition) is 0. The topological polar surface area (TPSA) is 86.1 Å². The minimum absolute atomic E-state index is 0.0436. The molecule has 3 rings (SSSR count). The van der Waals surface area contributed by atoms with E-state index in [2.05, 4.69) is 0 Å². The Bertz CT molecular complexity index is 855. The highest BCUT2D eigenvalue weighted by Crippen LogP contribution is 2.28. The number of hydrogen-bond acceptors (Lipinski definition) is 6. The summed E-state index contributed by atoms with van der Waals surface area (Å²) in [6, 6.07) is 7.18. The molecule has 7 heteroatoms. The normalized spacial score (nSPS) is 17.0. The SMILES string of the molecule is CCOC(=O)c1oc2ccccc2c1COC(=O)[C@H]1CCCN(C(C)=O)C1. The molecule has 1 aliphatic heterocycles. The largest absolute Gasteiger partial charge is 0.460 e. The Morgan fingerprint density at radius 2 is 2.00 bits per heavy atom. The van der Waals surface area contributed by atoms with Crippen LogP contribution in [0.2, 0.25) is 0 Å². The third-order valence-electron chi connectivity index (χ3n) is 4.72. The zero-order valence-corrected chi connectivity index (χ0v) is 15.5. The number of piperidine rings is 1. The summed E-state index contributed by atoms with van der Waals surface area (Å²) in [5.74, 6) is -1.30. The number of furan rings is 1. The zero-order chi connectivity index (χ0) is 19.4. The summed E-state index contributed by atoms with van der Waals surface area (Å²) in [5.41, 5.74) is 1.03. The van der Waals surface area contributed by atoms with Gasteiger partial charge in [0.25, 0.3) is 0 Å². The molecular weight excluding hydrogens is 350 g/mol. The van der Waals surface area contributed by atoms with Crippen LogP contribution < -0.4 is 0 Å². The fraction of sp³-hybridized carbons (Fsp3) is 0.450. The highest BCUT2D eigenvalue weighted by Gasteiger charge is 2.29. The van der Waals surface area contributed by atoms with E-state index in [1.54, 1.807) is 24.0 Å². The first-order valence-corrected chi connectivity index (χ1v) is 9.11. The molecule has 1 atom stereocenters. The van der Waals surface area contributed by atoms with Crippen LogP contribution in [0.4, 0.5) is 0 Å². The van der Waals surface area contributed by atoms with Gasteiger partial charge in [-0.05, 0) is 25.8 Å². The lowest BCUT2D eigenvalue weighted by Crippen LogP contribution is -2.41. The molecule has 1 aliphatic rings. The van der Waals surface area contributed by atoms with Crippen molar-refractivity contribution in [2.45, 2.75) is 33.3 Å². The van der Waals surface area contributed by atoms with Crippen molar-refractivity contribution >= 4 is 28.8 Å². The lowest BCUT2D eigenvalue weighted by atomic mass is 9.98. The summed E-state index contributed by atoms with van der Waals surface area (Å²) in [7, 11) is 0. The fourth-order valence-electron chi connectivity index (χ4n) is 3.32. The molecule has 2 aromatic rings. The van der Waals surface area contributed by atoms with Gasteiger partial charge in [0.1, 0.15) is 12.2 Å². The molecule has 0 aliphatic carbocycles. The van der Waals surface area contributed by atoms with Gasteiger partial charge in [-0.3, -0.25) is 9.59 Å². The number of para-hydroxylation sites is 1. The second-order valence-electron chi connectivity index (χ2n) is 6.54. The van der Waals surface area contributed by atoms with Crippen molar-refractivity contribution in [1.82, 2.24) is 4.90 Å². The Balaban J connectivity index is 1.76. The Hall–Kier alpha value is -2.83. The van der Waals surface area contributed by atoms with Gasteiger partial charge < -0.3 is 18.8 Å². The fourth-order valence-corrected chi connectivity index (χ4v) is 3.32. The Labute approximate surface area is 157 Å². The molecule has 0 radical (unpaired) electrons. The molecule has 0 unspecified atom stereocenters. The number of amides is 1. The number of carbonyl (C=O) groups is 3. The Kier molecular flexibility index (Phi) is 5.78. The second-order valence-corrected chi connectivity index (χ2v) is 6.54. The molecule has 27 heavy (non-hydrogen) atoms. The number of ether oxygens (including phenoxy) is 2. The van der Waals surface area contributed by atoms with Crippen molar-refractivity contribution in [2.24, 2.45) is 5.92 Å². The quantitative estimate of drug-likeness (QED) is 0.749. The molecule has 0 N–H and O–H groups in total. The molecule has 1 aromatic heterocycles. The maximum Gasteiger partial charge on any atom is 0.374 e. The van der Waals surface area contributed by atoms with E-state index in [9.17, 15) is 14.4 Å². The van der Waals surface area contributed by atoms with Crippen LogP contribution in [0.5, 0.6) is 0 Å². The standard InChI is InChI=1S/C20H23NO6/c1-3-25-20(24)18-16(15-8-4-5-9-17(15)27-18)12-26-19(23)14-7-6-10-21(11-14)13(2)22/h4-5,8-9,14H,3,6-7,10-12H2,1-2H3/t14-/m0/s1. The minimum atomic E-state index is -0.583. The van der Waals surface area contributed by atoms with E-state index in [4.69, 9.17) is 13.9 Å². The van der Waals surface area contributed by atoms with E-state index in [1.165, 1.54) is 6.92 Å². The molecule has 1 amide bonds. The van der Waals surface area contributed by atoms with E-state index in [-0.39, 0.29) is 36.8 Å². The summed E-state index contributed by atoms with van der Waals surface area (Å²) in [6.45, 7) is 4.38. The van der Waals surface area contributed by atoms with Gasteiger partial charge in [-0.15, -0.1) is 0 Å². The van der Waals surface area contributed by atoms with Crippen LogP contribution in [0.3, 0.4) is 0 Å². The average Bonchev–Trinajstić information content (AvgIpc) is 3.05. The van der Waals surface area contributed by atoms with Gasteiger partial charge in [0.15, 0.2) is 0 Å². The second kappa shape index (κ2) is 8.24. The van der Waals surface area contributed by atoms with Crippen molar-refractivity contribution in [2.75, 3.05) is 19.7 Å². The molecule has 2 heterocycles. The minimum Gasteiger partial charge on any atom is -0.460 e. The summed E-state index contributed by atoms with van der Waals surface area (Å²) in [6.07, 6.45) is 1.45. The molecule has 0 spiro atoms. The van der Waals surface area contributed by atoms with E-state index in [1.807, 2.05) is 12.1 Å². The van der Waals surface area contributed by atoms with Crippen LogP contribution in [0.15, 0.2) is 28.7 Å². The molecular formula is C20H23NO6. The number of carbonyl (C=O) groups excluding carboxylic acids is 3. The van der Waals surface area contributed by atoms with Crippen molar-refractivity contribution in [3.05, 3.63) is 35.6 Å². The number of nitrogens with zero attached hydrogens (tertiary/aromatic N) is 1. The van der Waals surface area contributed by atoms with Gasteiger partial charge in [-0.1, -0.05) is 18.2 Å². The predicted molar refractivity (Wildman–Crippen MR) is 96.9 cm³/mol. The van der Waals surface area contributed by atoms with Crippen molar-refractivity contribution in [1.29, 1.82) is 0 Å². The number of rotatable bonds is 5. The molecule has 1 aromatic carbocycles. The van der Waals surface area contributed by atoms with E-state index >= 15 is 0 Å². The maximum atomic E-state index is 12.5. The predicted octanol–water partition coefficient (Wildman–Crippen LogP) is 2.91. The van der Waals surface area contributed by atoms with E-state index in [0.717, 1.165) is 6.42 Å². The zero-order valence-electron chi connectivity index (χ0n) is 15.5. The van der Waals surface area contributed by atoms with Gasteiger partial charge in [-0.25, -0.2) is 4.79 Å². The lowest BCUT2D eigenvalue weighted by molar-refractivity contribution is -0.152. The third-order valence-corrected chi connectivity index (χ3v) is 4.72. The molecule has 7 nitrogen and oxygen atoms in total. The molecule has 144 valence electrons. The van der Waals surface area contributed by atoms with E-state index < -0.39 is 5.97 Å². The Morgan fingerprint density at radius 1 is 1.22 bits per heavy atom. The first-order chi connectivity index (χ1) is 13.0. The molecule has 0 saturated carbocycles. The summed E-state index contributed by atoms with van der Waals surface area (Å²) >= 11 is 0. The third kappa shape index (κ3) is 4.13. The highest BCUT2D eigenvalue weighted by molar-refractivity contribution is 5.96. The first-order valence-electron chi connectivity index (χ1n) is 9.11. The van der Waals surface area contributed by atoms with Crippen molar-refractivity contribution < 1.29 is 28.3 Å². The average molecular weight is 373 g/mol. The van der Waals surface area contributed by atoms with Gasteiger partial charge >= 0.3 is 11.9 Å². The summed E-state index contributed by atoms with van der Waals surface area (Å²) in [4.78, 5) is 37.9. The van der Waals surface area contributed by atoms with Gasteiger partial charge in [0.2, 0.25) is 11.7 Å². The number of fused-ring (bicyclic) bond motifs is 1. The Morgan fingerprint density at radius 3 is 2.74 bits per heavy atom. The lowest BCUT2D eigenvalue weighted by Gasteiger charge is -2.30. The molecule has 1 saturated heterocycles. The smallest absolute Gasteiger partial charge is 0.374 e. The van der Waals surface area contributed by atoms with Crippen LogP contribution in [-0.4, -0.2) is 42.4 Å².